The molecular formula is C11H21F3O. The fourth-order valence-corrected chi connectivity index (χ4v) is 1.73. The number of methoxy groups -OCH3 is 1. The Labute approximate surface area is 90.0 Å². The van der Waals surface area contributed by atoms with Crippen molar-refractivity contribution in [2.75, 3.05) is 7.11 Å². The Morgan fingerprint density at radius 2 is 1.73 bits per heavy atom. The van der Waals surface area contributed by atoms with Gasteiger partial charge in [0, 0.05) is 7.11 Å². The fraction of sp³-hybridized carbons (Fsp3) is 1.00. The van der Waals surface area contributed by atoms with Crippen molar-refractivity contribution in [3.8, 4) is 0 Å². The van der Waals surface area contributed by atoms with E-state index in [0.717, 1.165) is 32.8 Å². The van der Waals surface area contributed by atoms with Crippen LogP contribution in [0.25, 0.3) is 0 Å². The lowest BCUT2D eigenvalue weighted by atomic mass is 9.96. The zero-order chi connectivity index (χ0) is 11.9. The molecule has 0 amide bonds. The lowest BCUT2D eigenvalue weighted by molar-refractivity contribution is -0.227. The molecule has 0 saturated carbocycles. The van der Waals surface area contributed by atoms with Gasteiger partial charge in [0.15, 0.2) is 6.10 Å². The summed E-state index contributed by atoms with van der Waals surface area (Å²) in [4.78, 5) is 0. The second-order valence-electron chi connectivity index (χ2n) is 4.02. The van der Waals surface area contributed by atoms with Crippen molar-refractivity contribution in [2.45, 2.75) is 58.2 Å². The van der Waals surface area contributed by atoms with Crippen LogP contribution < -0.4 is 0 Å². The van der Waals surface area contributed by atoms with Crippen molar-refractivity contribution >= 4 is 0 Å². The molecule has 0 saturated heterocycles. The molecule has 0 aliphatic heterocycles. The topological polar surface area (TPSA) is 9.23 Å². The highest BCUT2D eigenvalue weighted by Gasteiger charge is 2.42. The predicted molar refractivity (Wildman–Crippen MR) is 54.8 cm³/mol. The fourth-order valence-electron chi connectivity index (χ4n) is 1.73. The molecule has 4 heteroatoms. The lowest BCUT2D eigenvalue weighted by Gasteiger charge is -2.24. The maximum atomic E-state index is 12.4. The van der Waals surface area contributed by atoms with Crippen LogP contribution in [0.1, 0.15) is 46.0 Å². The maximum Gasteiger partial charge on any atom is 0.414 e. The van der Waals surface area contributed by atoms with Crippen LogP contribution in [0, 0.1) is 5.92 Å². The second-order valence-corrected chi connectivity index (χ2v) is 4.02. The zero-order valence-corrected chi connectivity index (χ0v) is 9.73. The molecule has 0 rings (SSSR count). The van der Waals surface area contributed by atoms with Gasteiger partial charge in [-0.05, 0) is 12.3 Å². The first-order valence-corrected chi connectivity index (χ1v) is 5.53. The van der Waals surface area contributed by atoms with E-state index < -0.39 is 18.2 Å². The Kier molecular flexibility index (Phi) is 6.98. The first kappa shape index (κ1) is 14.8. The third kappa shape index (κ3) is 6.03. The molecule has 0 spiro atoms. The smallest absolute Gasteiger partial charge is 0.372 e. The minimum Gasteiger partial charge on any atom is -0.372 e. The van der Waals surface area contributed by atoms with Gasteiger partial charge in [-0.15, -0.1) is 0 Å². The van der Waals surface area contributed by atoms with E-state index in [1.54, 1.807) is 6.92 Å². The molecular weight excluding hydrogens is 205 g/mol. The second kappa shape index (κ2) is 7.09. The molecule has 0 unspecified atom stereocenters. The van der Waals surface area contributed by atoms with Gasteiger partial charge in [-0.1, -0.05) is 39.5 Å². The number of hydrogen-bond acceptors (Lipinski definition) is 1. The van der Waals surface area contributed by atoms with E-state index in [1.807, 2.05) is 0 Å². The first-order valence-electron chi connectivity index (χ1n) is 5.53. The lowest BCUT2D eigenvalue weighted by Crippen LogP contribution is -2.36. The van der Waals surface area contributed by atoms with Gasteiger partial charge in [0.2, 0.25) is 0 Å². The molecule has 0 bridgehead atoms. The van der Waals surface area contributed by atoms with Gasteiger partial charge in [-0.2, -0.15) is 13.2 Å². The van der Waals surface area contributed by atoms with Crippen LogP contribution in [0.15, 0.2) is 0 Å². The van der Waals surface area contributed by atoms with Crippen molar-refractivity contribution < 1.29 is 17.9 Å². The summed E-state index contributed by atoms with van der Waals surface area (Å²) in [5.41, 5.74) is 0. The quantitative estimate of drug-likeness (QED) is 0.592. The summed E-state index contributed by atoms with van der Waals surface area (Å²) in [5, 5.41) is 0. The summed E-state index contributed by atoms with van der Waals surface area (Å²) in [7, 11) is 1.13. The highest BCUT2D eigenvalue weighted by atomic mass is 19.4. The average molecular weight is 226 g/mol. The van der Waals surface area contributed by atoms with E-state index in [1.165, 1.54) is 0 Å². The summed E-state index contributed by atoms with van der Waals surface area (Å²) in [5.74, 6) is -0.452. The molecule has 15 heavy (non-hydrogen) atoms. The standard InChI is InChI=1S/C11H21F3O/c1-4-5-6-7-8-9(2)10(15-3)11(12,13)14/h9-10H,4-8H2,1-3H3/t9-,10-/m0/s1. The van der Waals surface area contributed by atoms with E-state index in [-0.39, 0.29) is 0 Å². The number of ether oxygens (including phenoxy) is 1. The number of rotatable bonds is 7. The van der Waals surface area contributed by atoms with Crippen LogP contribution in [0.5, 0.6) is 0 Å². The highest BCUT2D eigenvalue weighted by molar-refractivity contribution is 4.73. The molecule has 0 radical (unpaired) electrons. The summed E-state index contributed by atoms with van der Waals surface area (Å²) in [6, 6.07) is 0. The monoisotopic (exact) mass is 226 g/mol. The zero-order valence-electron chi connectivity index (χ0n) is 9.73. The van der Waals surface area contributed by atoms with Crippen molar-refractivity contribution in [1.82, 2.24) is 0 Å². The van der Waals surface area contributed by atoms with E-state index >= 15 is 0 Å². The minimum absolute atomic E-state index is 0.452. The third-order valence-electron chi connectivity index (χ3n) is 2.61. The molecule has 2 atom stereocenters. The summed E-state index contributed by atoms with van der Waals surface area (Å²) >= 11 is 0. The Hall–Kier alpha value is -0.250. The van der Waals surface area contributed by atoms with Gasteiger partial charge in [0.05, 0.1) is 0 Å². The van der Waals surface area contributed by atoms with Crippen LogP contribution >= 0.6 is 0 Å². The number of alkyl halides is 3. The molecule has 0 aromatic rings. The molecule has 0 fully saturated rings. The van der Waals surface area contributed by atoms with Gasteiger partial charge in [0.1, 0.15) is 0 Å². The van der Waals surface area contributed by atoms with Gasteiger partial charge in [-0.25, -0.2) is 0 Å². The van der Waals surface area contributed by atoms with E-state index in [0.29, 0.717) is 6.42 Å². The van der Waals surface area contributed by atoms with Crippen LogP contribution in [-0.4, -0.2) is 19.4 Å². The van der Waals surface area contributed by atoms with E-state index in [9.17, 15) is 13.2 Å². The molecule has 0 aliphatic carbocycles. The first-order chi connectivity index (χ1) is 6.93. The van der Waals surface area contributed by atoms with Gasteiger partial charge >= 0.3 is 6.18 Å². The van der Waals surface area contributed by atoms with Gasteiger partial charge < -0.3 is 4.74 Å². The molecule has 0 heterocycles. The van der Waals surface area contributed by atoms with Crippen molar-refractivity contribution in [3.05, 3.63) is 0 Å². The van der Waals surface area contributed by atoms with Crippen LogP contribution in [0.2, 0.25) is 0 Å². The Bertz CT molecular complexity index is 156. The van der Waals surface area contributed by atoms with Crippen molar-refractivity contribution in [1.29, 1.82) is 0 Å². The Morgan fingerprint density at radius 3 is 2.13 bits per heavy atom. The summed E-state index contributed by atoms with van der Waals surface area (Å²) in [6.07, 6.45) is -1.21. The van der Waals surface area contributed by atoms with E-state index in [2.05, 4.69) is 11.7 Å². The van der Waals surface area contributed by atoms with Crippen LogP contribution in [0.4, 0.5) is 13.2 Å². The molecule has 92 valence electrons. The molecule has 0 aromatic heterocycles. The third-order valence-corrected chi connectivity index (χ3v) is 2.61. The summed E-state index contributed by atoms with van der Waals surface area (Å²) in [6.45, 7) is 3.69. The Morgan fingerprint density at radius 1 is 1.13 bits per heavy atom. The Balaban J connectivity index is 3.89. The average Bonchev–Trinajstić information content (AvgIpc) is 2.11. The van der Waals surface area contributed by atoms with E-state index in [4.69, 9.17) is 0 Å². The number of hydrogen-bond donors (Lipinski definition) is 0. The highest BCUT2D eigenvalue weighted by Crippen LogP contribution is 2.30. The summed E-state index contributed by atoms with van der Waals surface area (Å²) < 4.78 is 41.8. The van der Waals surface area contributed by atoms with Gasteiger partial charge in [0.25, 0.3) is 0 Å². The van der Waals surface area contributed by atoms with Crippen molar-refractivity contribution in [2.24, 2.45) is 5.92 Å². The molecule has 0 aromatic carbocycles. The normalized spacial score (nSPS) is 16.4. The van der Waals surface area contributed by atoms with Crippen LogP contribution in [0.3, 0.4) is 0 Å². The number of unbranched alkanes of at least 4 members (excludes halogenated alkanes) is 3. The molecule has 0 N–H and O–H groups in total. The SMILES string of the molecule is CCCCCC[C@H](C)[C@H](OC)C(F)(F)F. The predicted octanol–water partition coefficient (Wildman–Crippen LogP) is 4.17. The molecule has 1 nitrogen and oxygen atoms in total. The minimum atomic E-state index is -4.24. The largest absolute Gasteiger partial charge is 0.414 e. The number of halogens is 3. The van der Waals surface area contributed by atoms with Gasteiger partial charge in [-0.3, -0.25) is 0 Å². The molecule has 0 aliphatic rings. The van der Waals surface area contributed by atoms with Crippen molar-refractivity contribution in [3.63, 3.8) is 0 Å². The van der Waals surface area contributed by atoms with Crippen LogP contribution in [-0.2, 0) is 4.74 Å². The maximum absolute atomic E-state index is 12.4.